The first-order chi connectivity index (χ1) is 12.5. The molecule has 2 heterocycles. The molecule has 0 aliphatic carbocycles. The molecule has 26 heavy (non-hydrogen) atoms. The van der Waals surface area contributed by atoms with Crippen LogP contribution in [-0.4, -0.2) is 25.7 Å². The molecule has 130 valence electrons. The highest BCUT2D eigenvalue weighted by Gasteiger charge is 2.19. The summed E-state index contributed by atoms with van der Waals surface area (Å²) >= 11 is 5.96. The van der Waals surface area contributed by atoms with Gasteiger partial charge in [-0.15, -0.1) is 0 Å². The van der Waals surface area contributed by atoms with Gasteiger partial charge >= 0.3 is 0 Å². The summed E-state index contributed by atoms with van der Waals surface area (Å²) in [6.07, 6.45) is 0. The summed E-state index contributed by atoms with van der Waals surface area (Å²) < 4.78 is 15.4. The van der Waals surface area contributed by atoms with Crippen LogP contribution in [0, 0.1) is 12.7 Å². The molecule has 0 aliphatic rings. The first-order valence-corrected chi connectivity index (χ1v) is 8.18. The Hall–Kier alpha value is -3.19. The third-order valence-electron chi connectivity index (χ3n) is 3.84. The first-order valence-electron chi connectivity index (χ1n) is 7.80. The van der Waals surface area contributed by atoms with Gasteiger partial charge in [-0.1, -0.05) is 29.8 Å². The fourth-order valence-electron chi connectivity index (χ4n) is 2.68. The number of amides is 1. The van der Waals surface area contributed by atoms with Crippen molar-refractivity contribution in [2.45, 2.75) is 6.92 Å². The SMILES string of the molecule is Cc1cc(NC(=O)c2c(F)cccc2Cl)n(-c2nc3ccccc3[nH]2)n1. The zero-order valence-electron chi connectivity index (χ0n) is 13.6. The smallest absolute Gasteiger partial charge is 0.261 e. The fraction of sp³-hybridized carbons (Fsp3) is 0.0556. The molecule has 2 aromatic heterocycles. The van der Waals surface area contributed by atoms with E-state index in [9.17, 15) is 9.18 Å². The number of fused-ring (bicyclic) bond motifs is 1. The lowest BCUT2D eigenvalue weighted by atomic mass is 10.2. The van der Waals surface area contributed by atoms with Gasteiger partial charge in [0.2, 0.25) is 5.95 Å². The Labute approximate surface area is 152 Å². The summed E-state index contributed by atoms with van der Waals surface area (Å²) in [7, 11) is 0. The summed E-state index contributed by atoms with van der Waals surface area (Å²) in [5.41, 5.74) is 2.06. The molecule has 2 N–H and O–H groups in total. The van der Waals surface area contributed by atoms with Crippen LogP contribution in [0.15, 0.2) is 48.5 Å². The minimum atomic E-state index is -0.693. The Bertz CT molecular complexity index is 1080. The number of aromatic nitrogens is 4. The topological polar surface area (TPSA) is 75.6 Å². The van der Waals surface area contributed by atoms with Crippen LogP contribution in [-0.2, 0) is 0 Å². The monoisotopic (exact) mass is 369 g/mol. The molecule has 4 rings (SSSR count). The second-order valence-corrected chi connectivity index (χ2v) is 6.12. The number of anilines is 1. The molecular weight excluding hydrogens is 357 g/mol. The molecule has 0 fully saturated rings. The minimum Gasteiger partial charge on any atom is -0.322 e. The van der Waals surface area contributed by atoms with E-state index in [0.29, 0.717) is 17.5 Å². The Morgan fingerprint density at radius 1 is 1.23 bits per heavy atom. The molecule has 0 unspecified atom stereocenters. The van der Waals surface area contributed by atoms with Gasteiger partial charge in [0, 0.05) is 6.07 Å². The maximum Gasteiger partial charge on any atom is 0.261 e. The van der Waals surface area contributed by atoms with Gasteiger partial charge in [0.05, 0.1) is 27.3 Å². The lowest BCUT2D eigenvalue weighted by Gasteiger charge is -2.08. The molecule has 0 spiro atoms. The Balaban J connectivity index is 1.73. The van der Waals surface area contributed by atoms with Crippen LogP contribution in [0.2, 0.25) is 5.02 Å². The summed E-state index contributed by atoms with van der Waals surface area (Å²) in [5.74, 6) is -0.563. The maximum absolute atomic E-state index is 14.0. The zero-order chi connectivity index (χ0) is 18.3. The summed E-state index contributed by atoms with van der Waals surface area (Å²) in [4.78, 5) is 20.1. The molecule has 0 aliphatic heterocycles. The molecular formula is C18H13ClFN5O. The van der Waals surface area contributed by atoms with Crippen molar-refractivity contribution < 1.29 is 9.18 Å². The number of aromatic amines is 1. The van der Waals surface area contributed by atoms with Crippen molar-refractivity contribution in [2.75, 3.05) is 5.32 Å². The number of hydrogen-bond acceptors (Lipinski definition) is 3. The van der Waals surface area contributed by atoms with Gasteiger partial charge in [0.1, 0.15) is 11.6 Å². The highest BCUT2D eigenvalue weighted by molar-refractivity contribution is 6.34. The average Bonchev–Trinajstić information content (AvgIpc) is 3.17. The molecule has 1 amide bonds. The third kappa shape index (κ3) is 2.82. The van der Waals surface area contributed by atoms with E-state index in [1.807, 2.05) is 24.3 Å². The average molecular weight is 370 g/mol. The summed E-state index contributed by atoms with van der Waals surface area (Å²) in [6, 6.07) is 13.3. The van der Waals surface area contributed by atoms with Crippen LogP contribution in [0.4, 0.5) is 10.2 Å². The molecule has 6 nitrogen and oxygen atoms in total. The van der Waals surface area contributed by atoms with E-state index in [4.69, 9.17) is 11.6 Å². The quantitative estimate of drug-likeness (QED) is 0.570. The van der Waals surface area contributed by atoms with Gasteiger partial charge in [-0.3, -0.25) is 4.79 Å². The number of nitrogens with zero attached hydrogens (tertiary/aromatic N) is 3. The summed E-state index contributed by atoms with van der Waals surface area (Å²) in [6.45, 7) is 1.78. The predicted octanol–water partition coefficient (Wildman–Crippen LogP) is 4.10. The van der Waals surface area contributed by atoms with E-state index in [1.54, 1.807) is 13.0 Å². The Morgan fingerprint density at radius 2 is 2.04 bits per heavy atom. The van der Waals surface area contributed by atoms with Crippen molar-refractivity contribution in [3.63, 3.8) is 0 Å². The summed E-state index contributed by atoms with van der Waals surface area (Å²) in [5, 5.41) is 7.03. The molecule has 8 heteroatoms. The Kier molecular flexibility index (Phi) is 3.93. The highest BCUT2D eigenvalue weighted by atomic mass is 35.5. The number of imidazole rings is 1. The molecule has 4 aromatic rings. The number of halogens is 2. The van der Waals surface area contributed by atoms with Crippen LogP contribution in [0.5, 0.6) is 0 Å². The standard InChI is InChI=1S/C18H13ClFN5O/c1-10-9-15(23-17(26)16-11(19)5-4-6-12(16)20)25(24-10)18-21-13-7-2-3-8-14(13)22-18/h2-9H,1H3,(H,21,22)(H,23,26). The number of hydrogen-bond donors (Lipinski definition) is 2. The van der Waals surface area contributed by atoms with Crippen LogP contribution in [0.3, 0.4) is 0 Å². The van der Waals surface area contributed by atoms with Gasteiger partial charge < -0.3 is 10.3 Å². The number of aryl methyl sites for hydroxylation is 1. The van der Waals surface area contributed by atoms with Gasteiger partial charge in [0.15, 0.2) is 0 Å². The molecule has 0 saturated carbocycles. The zero-order valence-corrected chi connectivity index (χ0v) is 14.4. The largest absolute Gasteiger partial charge is 0.322 e. The first kappa shape index (κ1) is 16.3. The van der Waals surface area contributed by atoms with Crippen LogP contribution < -0.4 is 5.32 Å². The van der Waals surface area contributed by atoms with Crippen molar-refractivity contribution in [1.29, 1.82) is 0 Å². The van der Waals surface area contributed by atoms with Gasteiger partial charge in [-0.25, -0.2) is 9.37 Å². The second-order valence-electron chi connectivity index (χ2n) is 5.71. The number of rotatable bonds is 3. The minimum absolute atomic E-state index is 0.0361. The number of carbonyl (C=O) groups excluding carboxylic acids is 1. The lowest BCUT2D eigenvalue weighted by Crippen LogP contribution is -2.17. The number of benzene rings is 2. The van der Waals surface area contributed by atoms with E-state index >= 15 is 0 Å². The van der Waals surface area contributed by atoms with Gasteiger partial charge in [0.25, 0.3) is 5.91 Å². The van der Waals surface area contributed by atoms with Crippen molar-refractivity contribution in [3.05, 3.63) is 70.6 Å². The highest BCUT2D eigenvalue weighted by Crippen LogP contribution is 2.22. The molecule has 0 atom stereocenters. The van der Waals surface area contributed by atoms with Crippen LogP contribution in [0.1, 0.15) is 16.1 Å². The molecule has 0 bridgehead atoms. The van der Waals surface area contributed by atoms with E-state index in [2.05, 4.69) is 20.4 Å². The van der Waals surface area contributed by atoms with Crippen molar-refractivity contribution in [2.24, 2.45) is 0 Å². The van der Waals surface area contributed by atoms with E-state index < -0.39 is 11.7 Å². The van der Waals surface area contributed by atoms with Crippen molar-refractivity contribution in [1.82, 2.24) is 19.7 Å². The lowest BCUT2D eigenvalue weighted by molar-refractivity contribution is 0.102. The number of carbonyl (C=O) groups is 1. The second kappa shape index (κ2) is 6.27. The number of nitrogens with one attached hydrogen (secondary N) is 2. The molecule has 0 radical (unpaired) electrons. The number of H-pyrrole nitrogens is 1. The molecule has 2 aromatic carbocycles. The predicted molar refractivity (Wildman–Crippen MR) is 97.3 cm³/mol. The van der Waals surface area contributed by atoms with Crippen molar-refractivity contribution in [3.8, 4) is 5.95 Å². The van der Waals surface area contributed by atoms with Gasteiger partial charge in [-0.2, -0.15) is 9.78 Å². The van der Waals surface area contributed by atoms with E-state index in [-0.39, 0.29) is 10.6 Å². The maximum atomic E-state index is 14.0. The van der Waals surface area contributed by atoms with Crippen LogP contribution in [0.25, 0.3) is 17.0 Å². The normalized spacial score (nSPS) is 11.0. The Morgan fingerprint density at radius 3 is 2.81 bits per heavy atom. The van der Waals surface area contributed by atoms with E-state index in [1.165, 1.54) is 22.9 Å². The van der Waals surface area contributed by atoms with E-state index in [0.717, 1.165) is 11.0 Å². The third-order valence-corrected chi connectivity index (χ3v) is 4.16. The number of para-hydroxylation sites is 2. The molecule has 0 saturated heterocycles. The van der Waals surface area contributed by atoms with Crippen LogP contribution >= 0.6 is 11.6 Å². The van der Waals surface area contributed by atoms with Crippen molar-refractivity contribution >= 4 is 34.4 Å². The fourth-order valence-corrected chi connectivity index (χ4v) is 2.93. The van der Waals surface area contributed by atoms with Gasteiger partial charge in [-0.05, 0) is 31.2 Å².